The van der Waals surface area contributed by atoms with E-state index in [0.29, 0.717) is 18.5 Å². The molecule has 0 fully saturated rings. The van der Waals surface area contributed by atoms with Crippen LogP contribution in [0.3, 0.4) is 0 Å². The standard InChI is InChI=1S/C35H44N10O6/c1-21(46)42-30(17-24-19-38-20-41-24)34(50)45-29(15-22-9-3-2-4-10-22)33(49)43-27(13-7-8-14-39-35(37)51)32(48)44-28(31(36)47)16-23-18-40-26-12-6-5-11-25(23)26/h2-6,9-12,18-20,27-30,40H,7-8,13-17H2,1H3,(H2,36,47)(H,38,41)(H,42,46)(H,43,49)(H,44,48)(H,45,50)(H3,37,39,51)/t27-,28-,29+,30-/m0/s1. The van der Waals surface area contributed by atoms with Crippen molar-refractivity contribution in [3.05, 3.63) is 90.1 Å². The second kappa shape index (κ2) is 18.5. The Morgan fingerprint density at radius 2 is 1.37 bits per heavy atom. The van der Waals surface area contributed by atoms with E-state index >= 15 is 0 Å². The molecule has 4 atom stereocenters. The van der Waals surface area contributed by atoms with Gasteiger partial charge in [0.15, 0.2) is 0 Å². The molecule has 0 aliphatic rings. The molecule has 2 aromatic carbocycles. The number of nitrogens with two attached hydrogens (primary N) is 2. The van der Waals surface area contributed by atoms with Crippen LogP contribution in [0.5, 0.6) is 0 Å². The fourth-order valence-electron chi connectivity index (χ4n) is 5.64. The van der Waals surface area contributed by atoms with Gasteiger partial charge < -0.3 is 48.0 Å². The number of fused-ring (bicyclic) bond motifs is 1. The first-order chi connectivity index (χ1) is 24.5. The molecule has 16 heteroatoms. The van der Waals surface area contributed by atoms with Crippen molar-refractivity contribution in [3.63, 3.8) is 0 Å². The topological polar surface area (TPSA) is 259 Å². The molecule has 0 radical (unpaired) electrons. The molecule has 2 heterocycles. The van der Waals surface area contributed by atoms with Gasteiger partial charge in [0.25, 0.3) is 0 Å². The molecule has 0 spiro atoms. The number of para-hydroxylation sites is 1. The molecular formula is C35H44N10O6. The predicted molar refractivity (Wildman–Crippen MR) is 188 cm³/mol. The molecule has 270 valence electrons. The summed E-state index contributed by atoms with van der Waals surface area (Å²) in [6.45, 7) is 1.52. The van der Waals surface area contributed by atoms with E-state index in [0.717, 1.165) is 22.0 Å². The number of amides is 7. The zero-order valence-corrected chi connectivity index (χ0v) is 28.2. The number of unbranched alkanes of at least 4 members (excludes halogenated alkanes) is 1. The number of nitrogens with one attached hydrogen (secondary N) is 7. The van der Waals surface area contributed by atoms with Crippen LogP contribution in [0.15, 0.2) is 73.3 Å². The highest BCUT2D eigenvalue weighted by Gasteiger charge is 2.31. The van der Waals surface area contributed by atoms with Crippen molar-refractivity contribution in [3.8, 4) is 0 Å². The molecule has 0 bridgehead atoms. The molecule has 51 heavy (non-hydrogen) atoms. The highest BCUT2D eigenvalue weighted by molar-refractivity contribution is 5.95. The van der Waals surface area contributed by atoms with Crippen LogP contribution >= 0.6 is 0 Å². The van der Waals surface area contributed by atoms with Gasteiger partial charge in [0.05, 0.1) is 6.33 Å². The summed E-state index contributed by atoms with van der Waals surface area (Å²) in [5.74, 6) is -3.16. The number of urea groups is 1. The second-order valence-corrected chi connectivity index (χ2v) is 12.2. The number of nitrogens with zero attached hydrogens (tertiary/aromatic N) is 1. The number of carbonyl (C=O) groups is 6. The van der Waals surface area contributed by atoms with Crippen molar-refractivity contribution >= 4 is 46.5 Å². The maximum absolute atomic E-state index is 14.0. The van der Waals surface area contributed by atoms with E-state index in [1.54, 1.807) is 30.5 Å². The first-order valence-electron chi connectivity index (χ1n) is 16.6. The molecule has 0 unspecified atom stereocenters. The fourth-order valence-corrected chi connectivity index (χ4v) is 5.64. The number of imidazole rings is 1. The molecule has 11 N–H and O–H groups in total. The number of aromatic nitrogens is 3. The summed E-state index contributed by atoms with van der Waals surface area (Å²) in [6.07, 6.45) is 5.91. The number of hydrogen-bond acceptors (Lipinski definition) is 7. The predicted octanol–water partition coefficient (Wildman–Crippen LogP) is 0.202. The summed E-state index contributed by atoms with van der Waals surface area (Å²) in [5.41, 5.74) is 13.8. The van der Waals surface area contributed by atoms with Gasteiger partial charge in [0.2, 0.25) is 29.5 Å². The van der Waals surface area contributed by atoms with Crippen LogP contribution in [0.1, 0.15) is 43.0 Å². The van der Waals surface area contributed by atoms with Gasteiger partial charge in [-0.05, 0) is 36.5 Å². The third kappa shape index (κ3) is 11.7. The molecule has 0 aliphatic carbocycles. The Balaban J connectivity index is 1.54. The monoisotopic (exact) mass is 700 g/mol. The first-order valence-corrected chi connectivity index (χ1v) is 16.6. The highest BCUT2D eigenvalue weighted by Crippen LogP contribution is 2.19. The molecule has 7 amide bonds. The van der Waals surface area contributed by atoms with E-state index in [1.165, 1.54) is 19.4 Å². The number of carbonyl (C=O) groups excluding carboxylic acids is 6. The molecule has 0 aliphatic heterocycles. The first kappa shape index (κ1) is 37.6. The maximum Gasteiger partial charge on any atom is 0.312 e. The Morgan fingerprint density at radius 1 is 0.725 bits per heavy atom. The van der Waals surface area contributed by atoms with Gasteiger partial charge in [-0.25, -0.2) is 9.78 Å². The van der Waals surface area contributed by atoms with Gasteiger partial charge in [0.1, 0.15) is 24.2 Å². The Hall–Kier alpha value is -6.19. The summed E-state index contributed by atoms with van der Waals surface area (Å²) in [7, 11) is 0. The third-order valence-corrected chi connectivity index (χ3v) is 8.20. The van der Waals surface area contributed by atoms with E-state index in [4.69, 9.17) is 11.5 Å². The summed E-state index contributed by atoms with van der Waals surface area (Å²) in [4.78, 5) is 87.0. The van der Waals surface area contributed by atoms with Gasteiger partial charge >= 0.3 is 6.03 Å². The molecule has 0 saturated heterocycles. The quantitative estimate of drug-likeness (QED) is 0.0614. The van der Waals surface area contributed by atoms with Gasteiger partial charge in [-0.1, -0.05) is 48.5 Å². The normalized spacial score (nSPS) is 13.3. The lowest BCUT2D eigenvalue weighted by Crippen LogP contribution is -2.59. The van der Waals surface area contributed by atoms with Crippen LogP contribution in [-0.2, 0) is 43.2 Å². The summed E-state index contributed by atoms with van der Waals surface area (Å²) in [5, 5.41) is 14.2. The van der Waals surface area contributed by atoms with Crippen LogP contribution in [0.25, 0.3) is 10.9 Å². The van der Waals surface area contributed by atoms with E-state index in [-0.39, 0.29) is 32.2 Å². The molecule has 4 rings (SSSR count). The lowest BCUT2D eigenvalue weighted by molar-refractivity contribution is -0.134. The molecule has 2 aromatic heterocycles. The molecule has 0 saturated carbocycles. The molecular weight excluding hydrogens is 656 g/mol. The number of hydrogen-bond donors (Lipinski definition) is 9. The van der Waals surface area contributed by atoms with Crippen LogP contribution < -0.4 is 38.1 Å². The Bertz CT molecular complexity index is 1790. The van der Waals surface area contributed by atoms with Gasteiger partial charge in [-0.2, -0.15) is 0 Å². The van der Waals surface area contributed by atoms with E-state index in [9.17, 15) is 28.8 Å². The minimum atomic E-state index is -1.16. The van der Waals surface area contributed by atoms with E-state index < -0.39 is 59.7 Å². The number of H-pyrrole nitrogens is 2. The number of aromatic amines is 2. The zero-order chi connectivity index (χ0) is 36.8. The molecule has 4 aromatic rings. The second-order valence-electron chi connectivity index (χ2n) is 12.2. The van der Waals surface area contributed by atoms with Crippen molar-refractivity contribution in [2.45, 2.75) is 69.6 Å². The minimum absolute atomic E-state index is 0.0661. The average Bonchev–Trinajstić information content (AvgIpc) is 3.76. The van der Waals surface area contributed by atoms with Crippen molar-refractivity contribution in [2.75, 3.05) is 6.54 Å². The Labute approximate surface area is 294 Å². The van der Waals surface area contributed by atoms with Crippen LogP contribution in [-0.4, -0.2) is 81.2 Å². The summed E-state index contributed by atoms with van der Waals surface area (Å²) < 4.78 is 0. The molecule has 16 nitrogen and oxygen atoms in total. The lowest BCUT2D eigenvalue weighted by Gasteiger charge is -2.26. The third-order valence-electron chi connectivity index (χ3n) is 8.20. The highest BCUT2D eigenvalue weighted by atomic mass is 16.2. The minimum Gasteiger partial charge on any atom is -0.368 e. The van der Waals surface area contributed by atoms with Gasteiger partial charge in [-0.3, -0.25) is 24.0 Å². The largest absolute Gasteiger partial charge is 0.368 e. The van der Waals surface area contributed by atoms with Crippen LogP contribution in [0, 0.1) is 0 Å². The average molecular weight is 701 g/mol. The smallest absolute Gasteiger partial charge is 0.312 e. The van der Waals surface area contributed by atoms with Crippen molar-refractivity contribution < 1.29 is 28.8 Å². The maximum atomic E-state index is 14.0. The van der Waals surface area contributed by atoms with Gasteiger partial charge in [-0.15, -0.1) is 0 Å². The summed E-state index contributed by atoms with van der Waals surface area (Å²) in [6, 6.07) is 11.3. The van der Waals surface area contributed by atoms with Crippen molar-refractivity contribution in [1.29, 1.82) is 0 Å². The Morgan fingerprint density at radius 3 is 2.04 bits per heavy atom. The van der Waals surface area contributed by atoms with Crippen LogP contribution in [0.4, 0.5) is 4.79 Å². The number of primary amides is 2. The Kier molecular flexibility index (Phi) is 13.7. The van der Waals surface area contributed by atoms with Crippen molar-refractivity contribution in [1.82, 2.24) is 41.5 Å². The lowest BCUT2D eigenvalue weighted by atomic mass is 10.0. The van der Waals surface area contributed by atoms with E-state index in [2.05, 4.69) is 41.5 Å². The zero-order valence-electron chi connectivity index (χ0n) is 28.2. The summed E-state index contributed by atoms with van der Waals surface area (Å²) >= 11 is 0. The fraction of sp³-hybridized carbons (Fsp3) is 0.343. The number of benzene rings is 2. The SMILES string of the molecule is CC(=O)N[C@@H](Cc1cnc[nH]1)C(=O)N[C@H](Cc1ccccc1)C(=O)N[C@@H](CCCCNC(N)=O)C(=O)N[C@@H](Cc1c[nH]c2ccccc12)C(N)=O. The number of rotatable bonds is 19. The van der Waals surface area contributed by atoms with Crippen LogP contribution in [0.2, 0.25) is 0 Å². The van der Waals surface area contributed by atoms with Crippen molar-refractivity contribution in [2.24, 2.45) is 11.5 Å². The van der Waals surface area contributed by atoms with E-state index in [1.807, 2.05) is 30.3 Å². The van der Waals surface area contributed by atoms with Gasteiger partial charge in [0, 0.05) is 61.7 Å².